The molecule has 1 atom stereocenters. The van der Waals surface area contributed by atoms with Gasteiger partial charge in [-0.15, -0.1) is 0 Å². The van der Waals surface area contributed by atoms with Crippen molar-refractivity contribution in [3.8, 4) is 0 Å². The first kappa shape index (κ1) is 18.4. The fraction of sp³-hybridized carbons (Fsp3) is 0.550. The first-order chi connectivity index (χ1) is 12.8. The topological polar surface area (TPSA) is 78.4 Å². The normalized spacial score (nSPS) is 28.1. The van der Waals surface area contributed by atoms with E-state index in [1.807, 2.05) is 13.0 Å². The van der Waals surface area contributed by atoms with Gasteiger partial charge in [-0.05, 0) is 58.1 Å². The van der Waals surface area contributed by atoms with E-state index in [2.05, 4.69) is 27.1 Å². The molecule has 2 aromatic rings. The number of carbonyl (C=O) groups excluding carboxylic acids is 1. The number of amides is 1. The maximum Gasteiger partial charge on any atom is 0.253 e. The lowest BCUT2D eigenvalue weighted by Gasteiger charge is -2.40. The average molecular weight is 389 g/mol. The highest BCUT2D eigenvalue weighted by Crippen LogP contribution is 2.33. The first-order valence-electron chi connectivity index (χ1n) is 9.59. The summed E-state index contributed by atoms with van der Waals surface area (Å²) in [4.78, 5) is 23.8. The van der Waals surface area contributed by atoms with E-state index in [1.165, 1.54) is 0 Å². The van der Waals surface area contributed by atoms with Gasteiger partial charge in [0.15, 0.2) is 5.65 Å². The molecule has 0 bridgehead atoms. The van der Waals surface area contributed by atoms with Gasteiger partial charge in [-0.1, -0.05) is 11.6 Å². The lowest BCUT2D eigenvalue weighted by molar-refractivity contribution is 0.0140. The highest BCUT2D eigenvalue weighted by atomic mass is 35.5. The van der Waals surface area contributed by atoms with E-state index in [9.17, 15) is 9.90 Å². The van der Waals surface area contributed by atoms with Crippen molar-refractivity contribution in [1.82, 2.24) is 15.3 Å². The maximum absolute atomic E-state index is 12.6. The summed E-state index contributed by atoms with van der Waals surface area (Å²) >= 11 is 6.43. The van der Waals surface area contributed by atoms with Gasteiger partial charge >= 0.3 is 0 Å². The van der Waals surface area contributed by atoms with Crippen LogP contribution in [0.3, 0.4) is 0 Å². The Balaban J connectivity index is 1.51. The zero-order valence-electron chi connectivity index (χ0n) is 15.7. The lowest BCUT2D eigenvalue weighted by Crippen LogP contribution is -2.46. The molecule has 144 valence electrons. The first-order valence-corrected chi connectivity index (χ1v) is 9.96. The minimum absolute atomic E-state index is 0.0883. The molecule has 27 heavy (non-hydrogen) atoms. The Morgan fingerprint density at radius 1 is 1.33 bits per heavy atom. The Morgan fingerprint density at radius 2 is 2.07 bits per heavy atom. The third-order valence-corrected chi connectivity index (χ3v) is 6.13. The van der Waals surface area contributed by atoms with Gasteiger partial charge < -0.3 is 15.3 Å². The molecule has 2 N–H and O–H groups in total. The number of pyridine rings is 2. The van der Waals surface area contributed by atoms with Crippen LogP contribution in [0.25, 0.3) is 11.0 Å². The summed E-state index contributed by atoms with van der Waals surface area (Å²) in [5.41, 5.74) is 0.487. The molecule has 7 heteroatoms. The SMILES string of the molecule is CC1CCN1c1nc2ncc(C(=O)NC3CCC(C)(O)CC3)cc2cc1Cl. The third-order valence-electron chi connectivity index (χ3n) is 5.85. The van der Waals surface area contributed by atoms with E-state index >= 15 is 0 Å². The van der Waals surface area contributed by atoms with Crippen LogP contribution in [0.5, 0.6) is 0 Å². The van der Waals surface area contributed by atoms with E-state index in [4.69, 9.17) is 11.6 Å². The number of anilines is 1. The van der Waals surface area contributed by atoms with Crippen LogP contribution in [-0.4, -0.2) is 45.2 Å². The van der Waals surface area contributed by atoms with Crippen molar-refractivity contribution < 1.29 is 9.90 Å². The van der Waals surface area contributed by atoms with Gasteiger partial charge in [0.1, 0.15) is 5.82 Å². The molecule has 1 saturated heterocycles. The van der Waals surface area contributed by atoms with Crippen LogP contribution in [-0.2, 0) is 0 Å². The third kappa shape index (κ3) is 3.73. The van der Waals surface area contributed by atoms with Crippen molar-refractivity contribution in [1.29, 1.82) is 0 Å². The van der Waals surface area contributed by atoms with Crippen molar-refractivity contribution in [3.05, 3.63) is 28.9 Å². The fourth-order valence-electron chi connectivity index (χ4n) is 3.84. The zero-order chi connectivity index (χ0) is 19.2. The van der Waals surface area contributed by atoms with Crippen LogP contribution in [0.1, 0.15) is 56.3 Å². The number of nitrogens with zero attached hydrogens (tertiary/aromatic N) is 3. The van der Waals surface area contributed by atoms with Crippen LogP contribution in [0, 0.1) is 0 Å². The number of aromatic nitrogens is 2. The second-order valence-corrected chi connectivity index (χ2v) is 8.55. The van der Waals surface area contributed by atoms with Crippen LogP contribution in [0.2, 0.25) is 5.02 Å². The molecule has 1 aliphatic heterocycles. The Hall–Kier alpha value is -1.92. The summed E-state index contributed by atoms with van der Waals surface area (Å²) in [5, 5.41) is 14.4. The van der Waals surface area contributed by atoms with E-state index in [0.717, 1.165) is 37.0 Å². The molecule has 6 nitrogen and oxygen atoms in total. The Kier molecular flexibility index (Phi) is 4.72. The van der Waals surface area contributed by atoms with Gasteiger partial charge in [-0.25, -0.2) is 9.97 Å². The van der Waals surface area contributed by atoms with Crippen molar-refractivity contribution in [2.75, 3.05) is 11.4 Å². The van der Waals surface area contributed by atoms with Crippen LogP contribution >= 0.6 is 11.6 Å². The van der Waals surface area contributed by atoms with Crippen molar-refractivity contribution >= 4 is 34.4 Å². The van der Waals surface area contributed by atoms with Gasteiger partial charge in [0.25, 0.3) is 5.91 Å². The molecule has 1 amide bonds. The molecular weight excluding hydrogens is 364 g/mol. The number of nitrogens with one attached hydrogen (secondary N) is 1. The van der Waals surface area contributed by atoms with Crippen molar-refractivity contribution in [2.45, 2.75) is 63.6 Å². The molecule has 2 fully saturated rings. The number of hydrogen-bond acceptors (Lipinski definition) is 5. The number of carbonyl (C=O) groups is 1. The number of fused-ring (bicyclic) bond motifs is 1. The summed E-state index contributed by atoms with van der Waals surface area (Å²) in [7, 11) is 0. The molecule has 4 rings (SSSR count). The second-order valence-electron chi connectivity index (χ2n) is 8.14. The van der Waals surface area contributed by atoms with Crippen molar-refractivity contribution in [3.63, 3.8) is 0 Å². The largest absolute Gasteiger partial charge is 0.390 e. The van der Waals surface area contributed by atoms with Gasteiger partial charge in [0.2, 0.25) is 0 Å². The van der Waals surface area contributed by atoms with Gasteiger partial charge in [0, 0.05) is 30.2 Å². The van der Waals surface area contributed by atoms with Gasteiger partial charge in [-0.3, -0.25) is 4.79 Å². The summed E-state index contributed by atoms with van der Waals surface area (Å²) in [6.07, 6.45) is 5.67. The zero-order valence-corrected chi connectivity index (χ0v) is 16.5. The van der Waals surface area contributed by atoms with Gasteiger partial charge in [0.05, 0.1) is 16.2 Å². The lowest BCUT2D eigenvalue weighted by atomic mass is 9.83. The molecular formula is C20H25ClN4O2. The minimum atomic E-state index is -0.611. The summed E-state index contributed by atoms with van der Waals surface area (Å²) in [6.45, 7) is 4.95. The molecule has 2 aliphatic rings. The number of aliphatic hydroxyl groups is 1. The minimum Gasteiger partial charge on any atom is -0.390 e. The molecule has 0 aromatic carbocycles. The molecule has 0 radical (unpaired) electrons. The number of halogens is 1. The second kappa shape index (κ2) is 6.91. The number of hydrogen-bond donors (Lipinski definition) is 2. The molecule has 0 spiro atoms. The standard InChI is InChI=1S/C20H25ClN4O2/c1-12-5-8-25(12)18-16(21)10-13-9-14(11-22-17(13)24-18)19(26)23-15-3-6-20(2,27)7-4-15/h9-12,15,27H,3-8H2,1-2H3,(H,23,26). The van der Waals surface area contributed by atoms with E-state index in [-0.39, 0.29) is 11.9 Å². The van der Waals surface area contributed by atoms with Gasteiger partial charge in [-0.2, -0.15) is 0 Å². The van der Waals surface area contributed by atoms with Crippen LogP contribution in [0.15, 0.2) is 18.3 Å². The van der Waals surface area contributed by atoms with Crippen LogP contribution < -0.4 is 10.2 Å². The molecule has 2 aromatic heterocycles. The Morgan fingerprint density at radius 3 is 2.70 bits per heavy atom. The van der Waals surface area contributed by atoms with E-state index in [1.54, 1.807) is 12.3 Å². The Labute approximate surface area is 163 Å². The molecule has 3 heterocycles. The highest BCUT2D eigenvalue weighted by molar-refractivity contribution is 6.33. The summed E-state index contributed by atoms with van der Waals surface area (Å²) in [6, 6.07) is 4.16. The fourth-order valence-corrected chi connectivity index (χ4v) is 4.11. The predicted octanol–water partition coefficient (Wildman–Crippen LogP) is 3.31. The average Bonchev–Trinajstić information content (AvgIpc) is 2.62. The predicted molar refractivity (Wildman–Crippen MR) is 106 cm³/mol. The van der Waals surface area contributed by atoms with Crippen LogP contribution in [0.4, 0.5) is 5.82 Å². The molecule has 1 aliphatic carbocycles. The monoisotopic (exact) mass is 388 g/mol. The quantitative estimate of drug-likeness (QED) is 0.843. The summed E-state index contributed by atoms with van der Waals surface area (Å²) in [5.74, 6) is 0.620. The maximum atomic E-state index is 12.6. The molecule has 1 saturated carbocycles. The smallest absolute Gasteiger partial charge is 0.253 e. The Bertz CT molecular complexity index is 876. The molecule has 1 unspecified atom stereocenters. The summed E-state index contributed by atoms with van der Waals surface area (Å²) < 4.78 is 0. The van der Waals surface area contributed by atoms with E-state index in [0.29, 0.717) is 35.1 Å². The van der Waals surface area contributed by atoms with Crippen molar-refractivity contribution in [2.24, 2.45) is 0 Å². The number of rotatable bonds is 3. The highest BCUT2D eigenvalue weighted by Gasteiger charge is 2.30. The van der Waals surface area contributed by atoms with E-state index < -0.39 is 5.60 Å².